The molecule has 4 rings (SSSR count). The maximum atomic E-state index is 12.6. The van der Waals surface area contributed by atoms with Crippen LogP contribution in [0.2, 0.25) is 0 Å². The second-order valence-electron chi connectivity index (χ2n) is 8.30. The van der Waals surface area contributed by atoms with Crippen LogP contribution in [0.5, 0.6) is 5.75 Å². The number of benzene rings is 3. The molecule has 1 heterocycles. The molecule has 2 amide bonds. The number of hydrogen-bond acceptors (Lipinski definition) is 6. The third-order valence-corrected chi connectivity index (χ3v) is 6.78. The van der Waals surface area contributed by atoms with Crippen LogP contribution >= 0.6 is 11.8 Å². The van der Waals surface area contributed by atoms with Crippen LogP contribution in [0.4, 0.5) is 5.69 Å². The summed E-state index contributed by atoms with van der Waals surface area (Å²) in [5.74, 6) is 1.03. The first-order valence-electron chi connectivity index (χ1n) is 11.8. The first kappa shape index (κ1) is 25.2. The van der Waals surface area contributed by atoms with E-state index in [-0.39, 0.29) is 24.1 Å². The van der Waals surface area contributed by atoms with E-state index < -0.39 is 6.10 Å². The van der Waals surface area contributed by atoms with Crippen molar-refractivity contribution in [1.29, 1.82) is 0 Å². The summed E-state index contributed by atoms with van der Waals surface area (Å²) in [7, 11) is 1.81. The molecule has 3 aromatic carbocycles. The fourth-order valence-corrected chi connectivity index (χ4v) is 4.38. The summed E-state index contributed by atoms with van der Waals surface area (Å²) in [6, 6.07) is 21.4. The zero-order valence-corrected chi connectivity index (χ0v) is 21.3. The molecule has 186 valence electrons. The van der Waals surface area contributed by atoms with Gasteiger partial charge in [-0.25, -0.2) is 0 Å². The predicted molar refractivity (Wildman–Crippen MR) is 142 cm³/mol. The number of aryl methyl sites for hydroxylation is 1. The highest BCUT2D eigenvalue weighted by Gasteiger charge is 2.17. The normalized spacial score (nSPS) is 11.8. The molecule has 0 aliphatic rings. The van der Waals surface area contributed by atoms with E-state index in [0.29, 0.717) is 16.7 Å². The molecule has 1 aromatic heterocycles. The number of anilines is 1. The Bertz CT molecular complexity index is 1350. The van der Waals surface area contributed by atoms with Gasteiger partial charge in [-0.15, -0.1) is 10.2 Å². The van der Waals surface area contributed by atoms with Crippen molar-refractivity contribution in [2.75, 3.05) is 11.1 Å². The number of aromatic nitrogens is 3. The predicted octanol–water partition coefficient (Wildman–Crippen LogP) is 4.35. The van der Waals surface area contributed by atoms with Crippen LogP contribution in [0.1, 0.15) is 25.2 Å². The first-order chi connectivity index (χ1) is 17.4. The number of amides is 2. The minimum absolute atomic E-state index is 0.132. The van der Waals surface area contributed by atoms with E-state index in [9.17, 15) is 9.59 Å². The third kappa shape index (κ3) is 6.23. The lowest BCUT2D eigenvalue weighted by Gasteiger charge is -2.15. The van der Waals surface area contributed by atoms with Crippen molar-refractivity contribution < 1.29 is 14.3 Å². The van der Waals surface area contributed by atoms with Crippen LogP contribution in [0.3, 0.4) is 0 Å². The average molecular weight is 504 g/mol. The van der Waals surface area contributed by atoms with Gasteiger partial charge < -0.3 is 19.9 Å². The molecule has 0 fully saturated rings. The highest BCUT2D eigenvalue weighted by atomic mass is 32.2. The smallest absolute Gasteiger partial charge is 0.261 e. The van der Waals surface area contributed by atoms with E-state index in [2.05, 4.69) is 27.8 Å². The van der Waals surface area contributed by atoms with Crippen molar-refractivity contribution in [3.63, 3.8) is 0 Å². The van der Waals surface area contributed by atoms with Gasteiger partial charge in [-0.05, 0) is 42.5 Å². The van der Waals surface area contributed by atoms with Gasteiger partial charge in [0.05, 0.1) is 12.3 Å². The Morgan fingerprint density at radius 3 is 2.56 bits per heavy atom. The van der Waals surface area contributed by atoms with E-state index in [0.717, 1.165) is 22.9 Å². The summed E-state index contributed by atoms with van der Waals surface area (Å²) in [4.78, 5) is 25.1. The van der Waals surface area contributed by atoms with Crippen LogP contribution in [-0.2, 0) is 29.6 Å². The van der Waals surface area contributed by atoms with Gasteiger partial charge in [0.25, 0.3) is 5.91 Å². The van der Waals surface area contributed by atoms with Crippen molar-refractivity contribution in [1.82, 2.24) is 20.1 Å². The molecule has 0 spiro atoms. The van der Waals surface area contributed by atoms with E-state index >= 15 is 0 Å². The molecule has 0 aliphatic heterocycles. The van der Waals surface area contributed by atoms with Crippen LogP contribution in [0.15, 0.2) is 71.9 Å². The molecular weight excluding hydrogens is 474 g/mol. The Kier molecular flexibility index (Phi) is 8.22. The number of hydrogen-bond donors (Lipinski definition) is 2. The minimum Gasteiger partial charge on any atom is -0.481 e. The van der Waals surface area contributed by atoms with E-state index in [4.69, 9.17) is 4.74 Å². The monoisotopic (exact) mass is 503 g/mol. The second kappa shape index (κ2) is 11.7. The summed E-state index contributed by atoms with van der Waals surface area (Å²) >= 11 is 1.29. The van der Waals surface area contributed by atoms with Crippen LogP contribution in [0.25, 0.3) is 10.8 Å². The quantitative estimate of drug-likeness (QED) is 0.312. The molecule has 8 nitrogen and oxygen atoms in total. The van der Waals surface area contributed by atoms with Crippen LogP contribution in [-0.4, -0.2) is 38.4 Å². The molecule has 0 radical (unpaired) electrons. The maximum Gasteiger partial charge on any atom is 0.261 e. The Balaban J connectivity index is 1.27. The lowest BCUT2D eigenvalue weighted by atomic mass is 10.1. The van der Waals surface area contributed by atoms with E-state index in [1.165, 1.54) is 17.3 Å². The molecule has 9 heteroatoms. The van der Waals surface area contributed by atoms with Gasteiger partial charge in [-0.3, -0.25) is 9.59 Å². The largest absolute Gasteiger partial charge is 0.481 e. The summed E-state index contributed by atoms with van der Waals surface area (Å²) in [5.41, 5.74) is 1.99. The fourth-order valence-electron chi connectivity index (χ4n) is 3.65. The van der Waals surface area contributed by atoms with Gasteiger partial charge in [0.15, 0.2) is 17.1 Å². The molecule has 2 N–H and O–H groups in total. The van der Waals surface area contributed by atoms with Gasteiger partial charge in [0.1, 0.15) is 5.75 Å². The molecule has 1 atom stereocenters. The molecular formula is C27H29N5O3S. The number of carbonyl (C=O) groups excluding carboxylic acids is 2. The lowest BCUT2D eigenvalue weighted by Crippen LogP contribution is -2.36. The maximum absolute atomic E-state index is 12.6. The minimum atomic E-state index is -0.655. The topological polar surface area (TPSA) is 98.1 Å². The number of fused-ring (bicyclic) bond motifs is 1. The number of nitrogens with zero attached hydrogens (tertiary/aromatic N) is 3. The molecule has 36 heavy (non-hydrogen) atoms. The number of ether oxygens (including phenoxy) is 1. The summed E-state index contributed by atoms with van der Waals surface area (Å²) in [6.45, 7) is 3.99. The highest BCUT2D eigenvalue weighted by Crippen LogP contribution is 2.24. The van der Waals surface area contributed by atoms with Gasteiger partial charge in [0, 0.05) is 18.1 Å². The summed E-state index contributed by atoms with van der Waals surface area (Å²) < 4.78 is 7.51. The van der Waals surface area contributed by atoms with Gasteiger partial charge in [-0.2, -0.15) is 0 Å². The molecule has 4 aromatic rings. The van der Waals surface area contributed by atoms with Crippen molar-refractivity contribution >= 4 is 40.0 Å². The van der Waals surface area contributed by atoms with Crippen molar-refractivity contribution in [2.45, 2.75) is 38.1 Å². The molecule has 0 aliphatic carbocycles. The van der Waals surface area contributed by atoms with Gasteiger partial charge in [-0.1, -0.05) is 67.2 Å². The molecule has 0 bridgehead atoms. The Morgan fingerprint density at radius 1 is 1.03 bits per heavy atom. The van der Waals surface area contributed by atoms with Crippen molar-refractivity contribution in [3.8, 4) is 5.75 Å². The summed E-state index contributed by atoms with van der Waals surface area (Å²) in [5, 5.41) is 16.8. The standard InChI is InChI=1S/C27H29N5O3S/c1-4-19-12-14-21(15-13-19)35-18(2)26(34)28-16-24-30-31-27(32(24)3)36-17-25(33)29-23-11-7-9-20-8-5-6-10-22(20)23/h5-15,18H,4,16-17H2,1-3H3,(H,28,34)(H,29,33)/t18-/m0/s1. The SMILES string of the molecule is CCc1ccc(O[C@@H](C)C(=O)NCc2nnc(SCC(=O)Nc3cccc4ccccc34)n2C)cc1. The molecule has 0 saturated carbocycles. The zero-order chi connectivity index (χ0) is 25.5. The molecule has 0 saturated heterocycles. The number of carbonyl (C=O) groups is 2. The molecule has 0 unspecified atom stereocenters. The van der Waals surface area contributed by atoms with Crippen LogP contribution in [0, 0.1) is 0 Å². The average Bonchev–Trinajstić information content (AvgIpc) is 3.25. The second-order valence-corrected chi connectivity index (χ2v) is 9.24. The van der Waals surface area contributed by atoms with Crippen LogP contribution < -0.4 is 15.4 Å². The van der Waals surface area contributed by atoms with E-state index in [1.54, 1.807) is 11.5 Å². The Morgan fingerprint density at radius 2 is 1.78 bits per heavy atom. The zero-order valence-electron chi connectivity index (χ0n) is 20.5. The van der Waals surface area contributed by atoms with Gasteiger partial charge >= 0.3 is 0 Å². The highest BCUT2D eigenvalue weighted by molar-refractivity contribution is 7.99. The number of rotatable bonds is 10. The van der Waals surface area contributed by atoms with Crippen molar-refractivity contribution in [2.24, 2.45) is 7.05 Å². The Labute approximate surface area is 214 Å². The fraction of sp³-hybridized carbons (Fsp3) is 0.259. The van der Waals surface area contributed by atoms with Crippen molar-refractivity contribution in [3.05, 3.63) is 78.1 Å². The Hall–Kier alpha value is -3.85. The van der Waals surface area contributed by atoms with Gasteiger partial charge in [0.2, 0.25) is 5.91 Å². The number of nitrogens with one attached hydrogen (secondary N) is 2. The lowest BCUT2D eigenvalue weighted by molar-refractivity contribution is -0.127. The summed E-state index contributed by atoms with van der Waals surface area (Å²) in [6.07, 6.45) is 0.292. The third-order valence-electron chi connectivity index (χ3n) is 5.76. The first-order valence-corrected chi connectivity index (χ1v) is 12.7. The number of thioether (sulfide) groups is 1. The van der Waals surface area contributed by atoms with E-state index in [1.807, 2.05) is 73.8 Å².